The highest BCUT2D eigenvalue weighted by atomic mass is 16.3. The molecule has 0 saturated heterocycles. The molecule has 0 radical (unpaired) electrons. The second-order valence-electron chi connectivity index (χ2n) is 2.76. The number of aromatic hydroxyl groups is 1. The van der Waals surface area contributed by atoms with E-state index in [4.69, 9.17) is 0 Å². The van der Waals surface area contributed by atoms with E-state index in [0.29, 0.717) is 5.75 Å². The molecule has 0 aliphatic carbocycles. The molecule has 1 aromatic rings. The van der Waals surface area contributed by atoms with Gasteiger partial charge in [0, 0.05) is 13.3 Å². The van der Waals surface area contributed by atoms with E-state index in [9.17, 15) is 5.11 Å². The Hall–Kier alpha value is -1.57. The van der Waals surface area contributed by atoms with Gasteiger partial charge in [0.2, 0.25) is 0 Å². The molecule has 0 aliphatic rings. The van der Waals surface area contributed by atoms with Gasteiger partial charge in [0.15, 0.2) is 0 Å². The van der Waals surface area contributed by atoms with E-state index in [1.54, 1.807) is 19.3 Å². The molecule has 0 aliphatic heterocycles. The second-order valence-corrected chi connectivity index (χ2v) is 2.76. The summed E-state index contributed by atoms with van der Waals surface area (Å²) >= 11 is 0. The summed E-state index contributed by atoms with van der Waals surface area (Å²) < 4.78 is 0. The number of hydrogen-bond acceptors (Lipinski definition) is 2. The predicted molar refractivity (Wildman–Crippen MR) is 56.3 cm³/mol. The van der Waals surface area contributed by atoms with Gasteiger partial charge in [0.05, 0.1) is 0 Å². The lowest BCUT2D eigenvalue weighted by Gasteiger charge is -2.01. The van der Waals surface area contributed by atoms with Gasteiger partial charge in [-0.1, -0.05) is 18.2 Å². The van der Waals surface area contributed by atoms with Crippen molar-refractivity contribution in [3.63, 3.8) is 0 Å². The highest BCUT2D eigenvalue weighted by Crippen LogP contribution is 2.20. The summed E-state index contributed by atoms with van der Waals surface area (Å²) in [7, 11) is 1.72. The Morgan fingerprint density at radius 2 is 2.15 bits per heavy atom. The van der Waals surface area contributed by atoms with Gasteiger partial charge >= 0.3 is 0 Å². The van der Waals surface area contributed by atoms with Crippen molar-refractivity contribution >= 4 is 12.3 Å². The monoisotopic (exact) mass is 175 g/mol. The van der Waals surface area contributed by atoms with E-state index in [1.807, 2.05) is 31.2 Å². The summed E-state index contributed by atoms with van der Waals surface area (Å²) in [6.45, 7) is 1.89. The molecule has 2 nitrogen and oxygen atoms in total. The number of benzene rings is 1. The van der Waals surface area contributed by atoms with Crippen LogP contribution in [0.25, 0.3) is 6.08 Å². The Bertz CT molecular complexity index is 340. The molecule has 0 fully saturated rings. The normalized spacial score (nSPS) is 11.5. The molecule has 0 amide bonds. The lowest BCUT2D eigenvalue weighted by Crippen LogP contribution is -1.80. The van der Waals surface area contributed by atoms with Gasteiger partial charge in [-0.3, -0.25) is 4.99 Å². The molecule has 1 rings (SSSR count). The molecule has 68 valence electrons. The van der Waals surface area contributed by atoms with Crippen molar-refractivity contribution in [1.82, 2.24) is 0 Å². The zero-order valence-corrected chi connectivity index (χ0v) is 7.86. The molecule has 0 atom stereocenters. The van der Waals surface area contributed by atoms with E-state index >= 15 is 0 Å². The summed E-state index contributed by atoms with van der Waals surface area (Å²) in [6.07, 6.45) is 5.48. The highest BCUT2D eigenvalue weighted by Gasteiger charge is 1.97. The summed E-state index contributed by atoms with van der Waals surface area (Å²) in [5.41, 5.74) is 1.91. The summed E-state index contributed by atoms with van der Waals surface area (Å²) in [4.78, 5) is 3.83. The van der Waals surface area contributed by atoms with E-state index in [1.165, 1.54) is 0 Å². The minimum atomic E-state index is 0.329. The van der Waals surface area contributed by atoms with Crippen LogP contribution in [0.3, 0.4) is 0 Å². The maximum absolute atomic E-state index is 9.39. The van der Waals surface area contributed by atoms with Crippen LogP contribution >= 0.6 is 0 Å². The maximum Gasteiger partial charge on any atom is 0.119 e. The Kier molecular flexibility index (Phi) is 3.26. The molecule has 1 aromatic carbocycles. The standard InChI is InChI=1S/C11H13NO/c1-9-10(6-4-8-12-2)5-3-7-11(9)13/h3-8,13H,1-2H3/b6-4-,12-8-. The fourth-order valence-electron chi connectivity index (χ4n) is 1.05. The number of phenols is 1. The van der Waals surface area contributed by atoms with Gasteiger partial charge in [-0.15, -0.1) is 0 Å². The molecular formula is C11H13NO. The molecule has 0 heterocycles. The third kappa shape index (κ3) is 2.44. The van der Waals surface area contributed by atoms with Crippen LogP contribution in [-0.4, -0.2) is 18.4 Å². The molecule has 13 heavy (non-hydrogen) atoms. The molecule has 1 N–H and O–H groups in total. The lowest BCUT2D eigenvalue weighted by atomic mass is 10.1. The van der Waals surface area contributed by atoms with E-state index in [-0.39, 0.29) is 0 Å². The minimum Gasteiger partial charge on any atom is -0.508 e. The molecule has 0 bridgehead atoms. The Morgan fingerprint density at radius 3 is 2.85 bits per heavy atom. The van der Waals surface area contributed by atoms with Crippen molar-refractivity contribution in [2.75, 3.05) is 7.05 Å². The summed E-state index contributed by atoms with van der Waals surface area (Å²) in [5, 5.41) is 9.39. The van der Waals surface area contributed by atoms with Crippen molar-refractivity contribution in [3.05, 3.63) is 35.4 Å². The van der Waals surface area contributed by atoms with Crippen LogP contribution in [0.1, 0.15) is 11.1 Å². The third-order valence-electron chi connectivity index (χ3n) is 1.86. The molecule has 0 saturated carbocycles. The quantitative estimate of drug-likeness (QED) is 0.688. The first kappa shape index (κ1) is 9.52. The average molecular weight is 175 g/mol. The SMILES string of the molecule is C/N=C\C=C/c1cccc(O)c1C. The largest absolute Gasteiger partial charge is 0.508 e. The van der Waals surface area contributed by atoms with Crippen molar-refractivity contribution in [3.8, 4) is 5.75 Å². The van der Waals surface area contributed by atoms with Crippen LogP contribution in [0.15, 0.2) is 29.3 Å². The van der Waals surface area contributed by atoms with Gasteiger partial charge in [0.1, 0.15) is 5.75 Å². The molecule has 0 aromatic heterocycles. The van der Waals surface area contributed by atoms with E-state index < -0.39 is 0 Å². The predicted octanol–water partition coefficient (Wildman–Crippen LogP) is 2.41. The first-order valence-corrected chi connectivity index (χ1v) is 4.13. The molecule has 0 unspecified atom stereocenters. The average Bonchev–Trinajstić information content (AvgIpc) is 2.13. The van der Waals surface area contributed by atoms with E-state index in [2.05, 4.69) is 4.99 Å². The number of aliphatic imine (C=N–C) groups is 1. The van der Waals surface area contributed by atoms with Crippen molar-refractivity contribution in [2.24, 2.45) is 4.99 Å². The zero-order chi connectivity index (χ0) is 9.68. The topological polar surface area (TPSA) is 32.6 Å². The number of phenolic OH excluding ortho intramolecular Hbond substituents is 1. The smallest absolute Gasteiger partial charge is 0.119 e. The van der Waals surface area contributed by atoms with Crippen molar-refractivity contribution in [2.45, 2.75) is 6.92 Å². The van der Waals surface area contributed by atoms with Gasteiger partial charge in [0.25, 0.3) is 0 Å². The maximum atomic E-state index is 9.39. The van der Waals surface area contributed by atoms with Gasteiger partial charge in [-0.25, -0.2) is 0 Å². The first-order chi connectivity index (χ1) is 6.25. The number of allylic oxidation sites excluding steroid dienone is 1. The minimum absolute atomic E-state index is 0.329. The van der Waals surface area contributed by atoms with Gasteiger partial charge in [-0.2, -0.15) is 0 Å². The van der Waals surface area contributed by atoms with Crippen LogP contribution in [0.5, 0.6) is 5.75 Å². The van der Waals surface area contributed by atoms with Crippen molar-refractivity contribution in [1.29, 1.82) is 0 Å². The number of nitrogens with zero attached hydrogens (tertiary/aromatic N) is 1. The van der Waals surface area contributed by atoms with Crippen LogP contribution < -0.4 is 0 Å². The van der Waals surface area contributed by atoms with Crippen LogP contribution in [0.4, 0.5) is 0 Å². The zero-order valence-electron chi connectivity index (χ0n) is 7.86. The van der Waals surface area contributed by atoms with Crippen LogP contribution in [-0.2, 0) is 0 Å². The molecular weight excluding hydrogens is 162 g/mol. The lowest BCUT2D eigenvalue weighted by molar-refractivity contribution is 0.471. The van der Waals surface area contributed by atoms with E-state index in [0.717, 1.165) is 11.1 Å². The Morgan fingerprint density at radius 1 is 1.38 bits per heavy atom. The number of rotatable bonds is 2. The van der Waals surface area contributed by atoms with Gasteiger partial charge < -0.3 is 5.11 Å². The molecule has 2 heteroatoms. The summed E-state index contributed by atoms with van der Waals surface area (Å²) in [6, 6.07) is 5.46. The third-order valence-corrected chi connectivity index (χ3v) is 1.86. The Labute approximate surface area is 78.3 Å². The number of hydrogen-bond donors (Lipinski definition) is 1. The van der Waals surface area contributed by atoms with Crippen molar-refractivity contribution < 1.29 is 5.11 Å². The van der Waals surface area contributed by atoms with Crippen LogP contribution in [0, 0.1) is 6.92 Å². The fourth-order valence-corrected chi connectivity index (χ4v) is 1.05. The van der Waals surface area contributed by atoms with Crippen LogP contribution in [0.2, 0.25) is 0 Å². The summed E-state index contributed by atoms with van der Waals surface area (Å²) in [5.74, 6) is 0.329. The van der Waals surface area contributed by atoms with Gasteiger partial charge in [-0.05, 0) is 30.2 Å². The molecule has 0 spiro atoms. The highest BCUT2D eigenvalue weighted by molar-refractivity contribution is 5.78. The first-order valence-electron chi connectivity index (χ1n) is 4.13. The fraction of sp³-hybridized carbons (Fsp3) is 0.182. The second kappa shape index (κ2) is 4.45. The Balaban J connectivity index is 2.95.